The topological polar surface area (TPSA) is 29.5 Å². The normalized spacial score (nSPS) is 20.0. The van der Waals surface area contributed by atoms with Crippen molar-refractivity contribution in [3.63, 3.8) is 0 Å². The molecule has 0 bridgehead atoms. The van der Waals surface area contributed by atoms with Crippen molar-refractivity contribution in [1.82, 2.24) is 4.90 Å². The van der Waals surface area contributed by atoms with Crippen LogP contribution in [0.25, 0.3) is 0 Å². The molecule has 11 heavy (non-hydrogen) atoms. The Bertz CT molecular complexity index is 143. The van der Waals surface area contributed by atoms with Crippen molar-refractivity contribution in [2.75, 3.05) is 20.2 Å². The van der Waals surface area contributed by atoms with E-state index >= 15 is 0 Å². The Balaban J connectivity index is 2.33. The first-order valence-corrected chi connectivity index (χ1v) is 4.26. The summed E-state index contributed by atoms with van der Waals surface area (Å²) in [6.45, 7) is 1.56. The minimum Gasteiger partial charge on any atom is -0.453 e. The highest BCUT2D eigenvalue weighted by molar-refractivity contribution is 7.80. The summed E-state index contributed by atoms with van der Waals surface area (Å²) in [5.74, 6) is 0. The second kappa shape index (κ2) is 3.85. The Morgan fingerprint density at radius 2 is 2.09 bits per heavy atom. The van der Waals surface area contributed by atoms with Gasteiger partial charge in [0.1, 0.15) is 0 Å². The van der Waals surface area contributed by atoms with Gasteiger partial charge in [0.25, 0.3) is 0 Å². The average Bonchev–Trinajstić information content (AvgIpc) is 2.05. The molecule has 1 fully saturated rings. The number of piperidine rings is 1. The van der Waals surface area contributed by atoms with Gasteiger partial charge in [0.15, 0.2) is 0 Å². The van der Waals surface area contributed by atoms with E-state index in [1.165, 1.54) is 7.11 Å². The van der Waals surface area contributed by atoms with Crippen LogP contribution >= 0.6 is 12.6 Å². The molecule has 0 unspecified atom stereocenters. The summed E-state index contributed by atoms with van der Waals surface area (Å²) >= 11 is 4.32. The average molecular weight is 175 g/mol. The number of rotatable bonds is 0. The van der Waals surface area contributed by atoms with Crippen LogP contribution in [0.2, 0.25) is 0 Å². The third-order valence-electron chi connectivity index (χ3n) is 1.90. The van der Waals surface area contributed by atoms with Crippen molar-refractivity contribution >= 4 is 18.7 Å². The van der Waals surface area contributed by atoms with Crippen LogP contribution in [0.5, 0.6) is 0 Å². The first-order chi connectivity index (χ1) is 5.24. The molecule has 1 saturated heterocycles. The highest BCUT2D eigenvalue weighted by Gasteiger charge is 2.20. The van der Waals surface area contributed by atoms with Gasteiger partial charge >= 0.3 is 6.09 Å². The van der Waals surface area contributed by atoms with Gasteiger partial charge in [-0.2, -0.15) is 12.6 Å². The summed E-state index contributed by atoms with van der Waals surface area (Å²) in [4.78, 5) is 12.7. The number of amides is 1. The molecule has 0 aromatic carbocycles. The first kappa shape index (κ1) is 8.71. The van der Waals surface area contributed by atoms with Crippen molar-refractivity contribution in [3.8, 4) is 0 Å². The van der Waals surface area contributed by atoms with Gasteiger partial charge in [-0.05, 0) is 12.8 Å². The van der Waals surface area contributed by atoms with E-state index in [2.05, 4.69) is 17.4 Å². The fourth-order valence-electron chi connectivity index (χ4n) is 1.18. The number of thiol groups is 1. The summed E-state index contributed by atoms with van der Waals surface area (Å²) in [6, 6.07) is 0. The van der Waals surface area contributed by atoms with Gasteiger partial charge in [0, 0.05) is 18.3 Å². The molecule has 1 rings (SSSR count). The number of carbonyl (C=O) groups is 1. The lowest BCUT2D eigenvalue weighted by Gasteiger charge is -2.28. The maximum Gasteiger partial charge on any atom is 0.409 e. The minimum atomic E-state index is -0.217. The largest absolute Gasteiger partial charge is 0.453 e. The van der Waals surface area contributed by atoms with Crippen molar-refractivity contribution in [3.05, 3.63) is 0 Å². The molecule has 0 N–H and O–H groups in total. The van der Waals surface area contributed by atoms with Gasteiger partial charge in [-0.25, -0.2) is 4.79 Å². The number of carbonyl (C=O) groups excluding carboxylic acids is 1. The summed E-state index contributed by atoms with van der Waals surface area (Å²) in [5.41, 5.74) is 0. The molecular weight excluding hydrogens is 162 g/mol. The Morgan fingerprint density at radius 3 is 2.55 bits per heavy atom. The zero-order valence-electron chi connectivity index (χ0n) is 6.62. The Labute approximate surface area is 72.1 Å². The molecule has 0 atom stereocenters. The summed E-state index contributed by atoms with van der Waals surface area (Å²) < 4.78 is 4.59. The van der Waals surface area contributed by atoms with E-state index in [-0.39, 0.29) is 6.09 Å². The fourth-order valence-corrected chi connectivity index (χ4v) is 1.41. The maximum atomic E-state index is 11.0. The van der Waals surface area contributed by atoms with Gasteiger partial charge in [-0.3, -0.25) is 0 Å². The first-order valence-electron chi connectivity index (χ1n) is 3.75. The van der Waals surface area contributed by atoms with Gasteiger partial charge in [0.2, 0.25) is 0 Å². The number of ether oxygens (including phenoxy) is 1. The molecule has 4 heteroatoms. The van der Waals surface area contributed by atoms with E-state index in [4.69, 9.17) is 0 Å². The molecule has 0 aromatic heterocycles. The fraction of sp³-hybridized carbons (Fsp3) is 0.857. The molecule has 3 nitrogen and oxygen atoms in total. The van der Waals surface area contributed by atoms with E-state index in [0.29, 0.717) is 5.25 Å². The summed E-state index contributed by atoms with van der Waals surface area (Å²) in [7, 11) is 1.41. The lowest BCUT2D eigenvalue weighted by Crippen LogP contribution is -2.38. The van der Waals surface area contributed by atoms with E-state index in [1.54, 1.807) is 4.90 Å². The molecule has 0 radical (unpaired) electrons. The molecular formula is C7H13NO2S. The summed E-state index contributed by atoms with van der Waals surface area (Å²) in [5, 5.41) is 0.455. The lowest BCUT2D eigenvalue weighted by atomic mass is 10.1. The van der Waals surface area contributed by atoms with Crippen molar-refractivity contribution in [2.24, 2.45) is 0 Å². The molecule has 0 aromatic rings. The smallest absolute Gasteiger partial charge is 0.409 e. The maximum absolute atomic E-state index is 11.0. The number of hydrogen-bond acceptors (Lipinski definition) is 3. The van der Waals surface area contributed by atoms with Crippen LogP contribution < -0.4 is 0 Å². The van der Waals surface area contributed by atoms with Crippen molar-refractivity contribution < 1.29 is 9.53 Å². The number of likely N-dealkylation sites (tertiary alicyclic amines) is 1. The number of methoxy groups -OCH3 is 1. The molecule has 64 valence electrons. The lowest BCUT2D eigenvalue weighted by molar-refractivity contribution is 0.116. The summed E-state index contributed by atoms with van der Waals surface area (Å²) in [6.07, 6.45) is 1.72. The Morgan fingerprint density at radius 1 is 1.55 bits per heavy atom. The SMILES string of the molecule is COC(=O)N1CCC(S)CC1. The Kier molecular flexibility index (Phi) is 3.05. The standard InChI is InChI=1S/C7H13NO2S/c1-10-7(9)8-4-2-6(11)3-5-8/h6,11H,2-5H2,1H3. The minimum absolute atomic E-state index is 0.217. The van der Waals surface area contributed by atoms with Crippen molar-refractivity contribution in [1.29, 1.82) is 0 Å². The zero-order chi connectivity index (χ0) is 8.27. The van der Waals surface area contributed by atoms with Crippen LogP contribution in [0, 0.1) is 0 Å². The van der Waals surface area contributed by atoms with E-state index in [0.717, 1.165) is 25.9 Å². The van der Waals surface area contributed by atoms with E-state index in [9.17, 15) is 4.79 Å². The number of nitrogens with zero attached hydrogens (tertiary/aromatic N) is 1. The van der Waals surface area contributed by atoms with Crippen LogP contribution in [0.1, 0.15) is 12.8 Å². The van der Waals surface area contributed by atoms with Crippen LogP contribution in [-0.2, 0) is 4.74 Å². The van der Waals surface area contributed by atoms with Gasteiger partial charge < -0.3 is 9.64 Å². The molecule has 0 saturated carbocycles. The number of hydrogen-bond donors (Lipinski definition) is 1. The van der Waals surface area contributed by atoms with Gasteiger partial charge in [-0.1, -0.05) is 0 Å². The molecule has 1 amide bonds. The second-order valence-electron chi connectivity index (χ2n) is 2.69. The quantitative estimate of drug-likeness (QED) is 0.560. The van der Waals surface area contributed by atoms with Crippen LogP contribution in [0.3, 0.4) is 0 Å². The predicted molar refractivity (Wildman–Crippen MR) is 46.0 cm³/mol. The molecule has 1 aliphatic heterocycles. The second-order valence-corrected chi connectivity index (χ2v) is 3.42. The van der Waals surface area contributed by atoms with Crippen LogP contribution in [0.4, 0.5) is 4.79 Å². The van der Waals surface area contributed by atoms with Gasteiger partial charge in [-0.15, -0.1) is 0 Å². The zero-order valence-corrected chi connectivity index (χ0v) is 7.51. The third kappa shape index (κ3) is 2.29. The molecule has 1 aliphatic rings. The van der Waals surface area contributed by atoms with Crippen molar-refractivity contribution in [2.45, 2.75) is 18.1 Å². The predicted octanol–water partition coefficient (Wildman–Crippen LogP) is 1.15. The monoisotopic (exact) mass is 175 g/mol. The third-order valence-corrected chi connectivity index (χ3v) is 2.41. The van der Waals surface area contributed by atoms with Crippen LogP contribution in [-0.4, -0.2) is 36.4 Å². The molecule has 1 heterocycles. The highest BCUT2D eigenvalue weighted by Crippen LogP contribution is 2.15. The van der Waals surface area contributed by atoms with Gasteiger partial charge in [0.05, 0.1) is 7.11 Å². The Hall–Kier alpha value is -0.380. The molecule has 0 aliphatic carbocycles. The molecule has 0 spiro atoms. The van der Waals surface area contributed by atoms with Crippen LogP contribution in [0.15, 0.2) is 0 Å². The van der Waals surface area contributed by atoms with E-state index in [1.807, 2.05) is 0 Å². The highest BCUT2D eigenvalue weighted by atomic mass is 32.1. The van der Waals surface area contributed by atoms with E-state index < -0.39 is 0 Å².